The Morgan fingerprint density at radius 2 is 2.10 bits per heavy atom. The zero-order chi connectivity index (χ0) is 20.4. The molecule has 0 aliphatic carbocycles. The zero-order valence-corrected chi connectivity index (χ0v) is 17.5. The van der Waals surface area contributed by atoms with Crippen LogP contribution in [0, 0.1) is 6.92 Å². The number of rotatable bonds is 5. The minimum atomic E-state index is -0.251. The van der Waals surface area contributed by atoms with Crippen molar-refractivity contribution in [1.82, 2.24) is 19.9 Å². The second-order valence-corrected chi connectivity index (χ2v) is 7.74. The van der Waals surface area contributed by atoms with Crippen molar-refractivity contribution in [2.75, 3.05) is 28.6 Å². The number of amides is 1. The summed E-state index contributed by atoms with van der Waals surface area (Å²) >= 11 is 3.35. The Morgan fingerprint density at radius 3 is 2.86 bits per heavy atom. The normalized spacial score (nSPS) is 16.1. The molecule has 4 rings (SSSR count). The molecule has 1 atom stereocenters. The first-order valence-electron chi connectivity index (χ1n) is 9.22. The summed E-state index contributed by atoms with van der Waals surface area (Å²) in [6.07, 6.45) is 5.66. The molecule has 3 aromatic rings. The predicted octanol–water partition coefficient (Wildman–Crippen LogP) is 3.31. The van der Waals surface area contributed by atoms with Gasteiger partial charge in [-0.3, -0.25) is 4.79 Å². The second kappa shape index (κ2) is 8.12. The fourth-order valence-corrected chi connectivity index (χ4v) is 3.58. The maximum atomic E-state index is 11.6. The average Bonchev–Trinajstić information content (AvgIpc) is 3.17. The van der Waals surface area contributed by atoms with Crippen LogP contribution in [0.2, 0.25) is 0 Å². The van der Waals surface area contributed by atoms with Crippen LogP contribution in [0.5, 0.6) is 0 Å². The molecule has 2 N–H and O–H groups in total. The molecule has 0 bridgehead atoms. The van der Waals surface area contributed by atoms with Crippen molar-refractivity contribution >= 4 is 50.2 Å². The van der Waals surface area contributed by atoms with Crippen molar-refractivity contribution in [3.05, 3.63) is 53.5 Å². The molecule has 1 aliphatic heterocycles. The Bertz CT molecular complexity index is 1070. The number of anilines is 3. The van der Waals surface area contributed by atoms with Gasteiger partial charge in [0.1, 0.15) is 11.6 Å². The van der Waals surface area contributed by atoms with E-state index in [0.29, 0.717) is 17.5 Å². The van der Waals surface area contributed by atoms with E-state index in [9.17, 15) is 4.79 Å². The average molecular weight is 454 g/mol. The van der Waals surface area contributed by atoms with Crippen molar-refractivity contribution < 1.29 is 4.79 Å². The molecular formula is C20H20BrN7O. The van der Waals surface area contributed by atoms with E-state index in [1.807, 2.05) is 25.1 Å². The van der Waals surface area contributed by atoms with E-state index in [1.54, 1.807) is 12.4 Å². The third-order valence-electron chi connectivity index (χ3n) is 4.68. The molecule has 8 nitrogen and oxygen atoms in total. The summed E-state index contributed by atoms with van der Waals surface area (Å²) in [4.78, 5) is 31.6. The number of aromatic nitrogens is 4. The van der Waals surface area contributed by atoms with Crippen LogP contribution in [-0.2, 0) is 4.79 Å². The third kappa shape index (κ3) is 4.34. The predicted molar refractivity (Wildman–Crippen MR) is 117 cm³/mol. The van der Waals surface area contributed by atoms with Crippen LogP contribution in [0.25, 0.3) is 10.9 Å². The number of hydrogen-bond acceptors (Lipinski definition) is 7. The molecular weight excluding hydrogens is 434 g/mol. The molecule has 1 aromatic carbocycles. The molecule has 3 heterocycles. The molecule has 1 unspecified atom stereocenters. The van der Waals surface area contributed by atoms with Crippen molar-refractivity contribution in [3.63, 3.8) is 0 Å². The molecule has 0 saturated carbocycles. The Morgan fingerprint density at radius 1 is 1.31 bits per heavy atom. The summed E-state index contributed by atoms with van der Waals surface area (Å²) in [6, 6.07) is 5.89. The molecule has 148 valence electrons. The number of aryl methyl sites for hydroxylation is 1. The lowest BCUT2D eigenvalue weighted by Crippen LogP contribution is -2.27. The van der Waals surface area contributed by atoms with E-state index in [0.717, 1.165) is 40.7 Å². The number of nitrogens with zero attached hydrogens (tertiary/aromatic N) is 5. The highest BCUT2D eigenvalue weighted by Gasteiger charge is 2.26. The van der Waals surface area contributed by atoms with E-state index in [-0.39, 0.29) is 11.9 Å². The monoisotopic (exact) mass is 453 g/mol. The fraction of sp³-hybridized carbons (Fsp3) is 0.250. The molecule has 0 radical (unpaired) electrons. The molecule has 1 aliphatic rings. The summed E-state index contributed by atoms with van der Waals surface area (Å²) in [7, 11) is 0. The van der Waals surface area contributed by atoms with E-state index < -0.39 is 0 Å². The van der Waals surface area contributed by atoms with Gasteiger partial charge in [-0.05, 0) is 53.5 Å². The van der Waals surface area contributed by atoms with E-state index >= 15 is 0 Å². The molecule has 9 heteroatoms. The number of fused-ring (bicyclic) bond motifs is 1. The van der Waals surface area contributed by atoms with Gasteiger partial charge in [0.25, 0.3) is 0 Å². The summed E-state index contributed by atoms with van der Waals surface area (Å²) < 4.78 is 0.850. The summed E-state index contributed by atoms with van der Waals surface area (Å²) in [5, 5.41) is 7.11. The Balaban J connectivity index is 1.56. The van der Waals surface area contributed by atoms with Crippen molar-refractivity contribution in [2.24, 2.45) is 0 Å². The molecule has 1 fully saturated rings. The van der Waals surface area contributed by atoms with Crippen molar-refractivity contribution in [2.45, 2.75) is 19.4 Å². The Labute approximate surface area is 176 Å². The molecule has 1 saturated heterocycles. The highest BCUT2D eigenvalue weighted by molar-refractivity contribution is 9.10. The Hall–Kier alpha value is -3.07. The van der Waals surface area contributed by atoms with Gasteiger partial charge in [-0.25, -0.2) is 19.9 Å². The first-order valence-corrected chi connectivity index (χ1v) is 10.0. The van der Waals surface area contributed by atoms with E-state index in [2.05, 4.69) is 58.0 Å². The zero-order valence-electron chi connectivity index (χ0n) is 15.9. The minimum absolute atomic E-state index is 0.229. The standard InChI is InChI=1S/C20H20BrN7O/c1-3-18(29)26-14-4-5-16-17(8-14)24-12(2)25-19(16)28-7-6-15(11-28)27-20-22-9-13(21)10-23-20/h3-5,8-10,15H,1,6-7,11H2,2H3,(H,26,29)(H,22,23,27). The molecule has 0 spiro atoms. The first kappa shape index (κ1) is 19.3. The molecule has 1 amide bonds. The second-order valence-electron chi connectivity index (χ2n) is 6.82. The number of benzene rings is 1. The van der Waals surface area contributed by atoms with Gasteiger partial charge in [-0.2, -0.15) is 0 Å². The van der Waals surface area contributed by atoms with Crippen molar-refractivity contribution in [3.8, 4) is 0 Å². The van der Waals surface area contributed by atoms with Gasteiger partial charge >= 0.3 is 0 Å². The van der Waals surface area contributed by atoms with Gasteiger partial charge in [-0.1, -0.05) is 6.58 Å². The van der Waals surface area contributed by atoms with Crippen LogP contribution in [0.1, 0.15) is 12.2 Å². The van der Waals surface area contributed by atoms with Gasteiger partial charge in [0.15, 0.2) is 0 Å². The number of carbonyl (C=O) groups excluding carboxylic acids is 1. The smallest absolute Gasteiger partial charge is 0.247 e. The van der Waals surface area contributed by atoms with Gasteiger partial charge < -0.3 is 15.5 Å². The highest BCUT2D eigenvalue weighted by Crippen LogP contribution is 2.29. The van der Waals surface area contributed by atoms with E-state index in [4.69, 9.17) is 0 Å². The fourth-order valence-electron chi connectivity index (χ4n) is 3.38. The maximum absolute atomic E-state index is 11.6. The van der Waals surface area contributed by atoms with Crippen LogP contribution >= 0.6 is 15.9 Å². The van der Waals surface area contributed by atoms with Crippen LogP contribution in [0.3, 0.4) is 0 Å². The van der Waals surface area contributed by atoms with Crippen molar-refractivity contribution in [1.29, 1.82) is 0 Å². The number of hydrogen-bond donors (Lipinski definition) is 2. The molecule has 2 aromatic heterocycles. The van der Waals surface area contributed by atoms with E-state index in [1.165, 1.54) is 6.08 Å². The van der Waals surface area contributed by atoms with Gasteiger partial charge in [-0.15, -0.1) is 0 Å². The number of nitrogens with one attached hydrogen (secondary N) is 2. The number of halogens is 1. The lowest BCUT2D eigenvalue weighted by atomic mass is 10.2. The summed E-state index contributed by atoms with van der Waals surface area (Å²) in [5.74, 6) is 1.95. The third-order valence-corrected chi connectivity index (χ3v) is 5.09. The Kier molecular flexibility index (Phi) is 5.39. The first-order chi connectivity index (χ1) is 14.0. The SMILES string of the molecule is C=CC(=O)Nc1ccc2c(N3CCC(Nc4ncc(Br)cn4)C3)nc(C)nc2c1. The van der Waals surface area contributed by atoms with Crippen LogP contribution in [0.4, 0.5) is 17.5 Å². The van der Waals surface area contributed by atoms with Gasteiger partial charge in [0.05, 0.1) is 9.99 Å². The largest absolute Gasteiger partial charge is 0.354 e. The quantitative estimate of drug-likeness (QED) is 0.571. The van der Waals surface area contributed by atoms with Crippen LogP contribution in [0.15, 0.2) is 47.7 Å². The number of carbonyl (C=O) groups is 1. The minimum Gasteiger partial charge on any atom is -0.354 e. The lowest BCUT2D eigenvalue weighted by Gasteiger charge is -2.20. The van der Waals surface area contributed by atoms with Crippen LogP contribution < -0.4 is 15.5 Å². The van der Waals surface area contributed by atoms with Gasteiger partial charge in [0.2, 0.25) is 11.9 Å². The lowest BCUT2D eigenvalue weighted by molar-refractivity contribution is -0.111. The molecule has 29 heavy (non-hydrogen) atoms. The van der Waals surface area contributed by atoms with Gasteiger partial charge in [0, 0.05) is 42.6 Å². The highest BCUT2D eigenvalue weighted by atomic mass is 79.9. The maximum Gasteiger partial charge on any atom is 0.247 e. The summed E-state index contributed by atoms with van der Waals surface area (Å²) in [5.41, 5.74) is 1.47. The van der Waals surface area contributed by atoms with Crippen LogP contribution in [-0.4, -0.2) is 45.0 Å². The topological polar surface area (TPSA) is 95.9 Å². The summed E-state index contributed by atoms with van der Waals surface area (Å²) in [6.45, 7) is 7.02.